The van der Waals surface area contributed by atoms with Crippen LogP contribution in [-0.4, -0.2) is 39.0 Å². The van der Waals surface area contributed by atoms with Crippen LogP contribution in [0.1, 0.15) is 37.6 Å². The van der Waals surface area contributed by atoms with Crippen molar-refractivity contribution in [1.82, 2.24) is 20.6 Å². The van der Waals surface area contributed by atoms with Crippen molar-refractivity contribution in [2.75, 3.05) is 0 Å². The molecule has 1 aliphatic rings. The van der Waals surface area contributed by atoms with Crippen LogP contribution < -0.4 is 10.6 Å². The minimum Gasteiger partial charge on any atom is -0.480 e. The Balaban J connectivity index is 1.92. The second-order valence-corrected chi connectivity index (χ2v) is 5.01. The van der Waals surface area contributed by atoms with Gasteiger partial charge in [-0.1, -0.05) is 19.8 Å². The lowest BCUT2D eigenvalue weighted by molar-refractivity contribution is -0.142. The van der Waals surface area contributed by atoms with E-state index in [0.29, 0.717) is 19.4 Å². The van der Waals surface area contributed by atoms with Crippen molar-refractivity contribution < 1.29 is 14.7 Å². The Kier molecular flexibility index (Phi) is 4.73. The van der Waals surface area contributed by atoms with Crippen molar-refractivity contribution in [3.63, 3.8) is 0 Å². The monoisotopic (exact) mass is 280 g/mol. The standard InChI is InChI=1S/C13H20N4O3/c1-2-3-4-8(13(19)20)17-12(18)10-5-9-11(6-14-10)16-7-15-9/h7-8,10,14H,2-6H2,1H3,(H,15,16)(H,17,18)(H,19,20). The van der Waals surface area contributed by atoms with Crippen molar-refractivity contribution >= 4 is 11.9 Å². The van der Waals surface area contributed by atoms with Crippen LogP contribution in [0.15, 0.2) is 6.33 Å². The Morgan fingerprint density at radius 1 is 1.60 bits per heavy atom. The molecule has 0 radical (unpaired) electrons. The van der Waals surface area contributed by atoms with Crippen molar-refractivity contribution in [3.05, 3.63) is 17.7 Å². The maximum Gasteiger partial charge on any atom is 0.326 e. The maximum absolute atomic E-state index is 12.1. The molecule has 0 spiro atoms. The Labute approximate surface area is 117 Å². The predicted octanol–water partition coefficient (Wildman–Crippen LogP) is 0.184. The molecule has 7 nitrogen and oxygen atoms in total. The molecular formula is C13H20N4O3. The number of nitrogens with one attached hydrogen (secondary N) is 3. The first-order valence-electron chi connectivity index (χ1n) is 6.89. The van der Waals surface area contributed by atoms with Crippen LogP contribution in [0.2, 0.25) is 0 Å². The highest BCUT2D eigenvalue weighted by atomic mass is 16.4. The quantitative estimate of drug-likeness (QED) is 0.595. The molecule has 0 saturated heterocycles. The highest BCUT2D eigenvalue weighted by molar-refractivity contribution is 5.87. The number of unbranched alkanes of at least 4 members (excludes halogenated alkanes) is 1. The highest BCUT2D eigenvalue weighted by Crippen LogP contribution is 2.12. The summed E-state index contributed by atoms with van der Waals surface area (Å²) in [4.78, 5) is 30.4. The van der Waals surface area contributed by atoms with E-state index in [2.05, 4.69) is 20.6 Å². The van der Waals surface area contributed by atoms with Crippen LogP contribution >= 0.6 is 0 Å². The minimum atomic E-state index is -0.983. The molecule has 20 heavy (non-hydrogen) atoms. The Hall–Kier alpha value is -1.89. The van der Waals surface area contributed by atoms with E-state index in [0.717, 1.165) is 24.2 Å². The van der Waals surface area contributed by atoms with Gasteiger partial charge in [0.05, 0.1) is 23.8 Å². The topological polar surface area (TPSA) is 107 Å². The summed E-state index contributed by atoms with van der Waals surface area (Å²) in [6, 6.07) is -1.24. The third kappa shape index (κ3) is 3.36. The van der Waals surface area contributed by atoms with E-state index in [-0.39, 0.29) is 5.91 Å². The van der Waals surface area contributed by atoms with Gasteiger partial charge in [-0.25, -0.2) is 9.78 Å². The summed E-state index contributed by atoms with van der Waals surface area (Å²) < 4.78 is 0. The van der Waals surface area contributed by atoms with Gasteiger partial charge in [0.2, 0.25) is 5.91 Å². The number of carboxylic acid groups (broad SMARTS) is 1. The zero-order chi connectivity index (χ0) is 14.5. The van der Waals surface area contributed by atoms with Gasteiger partial charge in [-0.05, 0) is 6.42 Å². The number of hydrogen-bond acceptors (Lipinski definition) is 4. The lowest BCUT2D eigenvalue weighted by atomic mass is 10.0. The summed E-state index contributed by atoms with van der Waals surface area (Å²) in [7, 11) is 0. The molecule has 110 valence electrons. The van der Waals surface area contributed by atoms with Gasteiger partial charge in [-0.15, -0.1) is 0 Å². The number of aromatic amines is 1. The van der Waals surface area contributed by atoms with E-state index in [1.165, 1.54) is 0 Å². The first-order valence-corrected chi connectivity index (χ1v) is 6.89. The summed E-state index contributed by atoms with van der Waals surface area (Å²) in [5.74, 6) is -1.26. The lowest BCUT2D eigenvalue weighted by Gasteiger charge is -2.24. The first-order chi connectivity index (χ1) is 9.61. The fourth-order valence-electron chi connectivity index (χ4n) is 2.29. The molecule has 4 N–H and O–H groups in total. The van der Waals surface area contributed by atoms with Crippen LogP contribution in [0.5, 0.6) is 0 Å². The summed E-state index contributed by atoms with van der Waals surface area (Å²) in [5.41, 5.74) is 1.85. The maximum atomic E-state index is 12.1. The molecule has 1 aliphatic heterocycles. The second kappa shape index (κ2) is 6.51. The second-order valence-electron chi connectivity index (χ2n) is 5.01. The van der Waals surface area contributed by atoms with E-state index in [9.17, 15) is 9.59 Å². The third-order valence-electron chi connectivity index (χ3n) is 3.51. The van der Waals surface area contributed by atoms with E-state index < -0.39 is 18.1 Å². The van der Waals surface area contributed by atoms with Crippen LogP contribution in [0.3, 0.4) is 0 Å². The number of carbonyl (C=O) groups excluding carboxylic acids is 1. The molecule has 2 rings (SSSR count). The van der Waals surface area contributed by atoms with Crippen LogP contribution in [0.4, 0.5) is 0 Å². The summed E-state index contributed by atoms with van der Waals surface area (Å²) in [6.45, 7) is 2.53. The molecule has 2 heterocycles. The zero-order valence-electron chi connectivity index (χ0n) is 11.5. The van der Waals surface area contributed by atoms with Crippen molar-refractivity contribution in [2.45, 2.75) is 51.2 Å². The number of amides is 1. The molecule has 0 saturated carbocycles. The molecule has 0 aromatic carbocycles. The number of carbonyl (C=O) groups is 2. The fraction of sp³-hybridized carbons (Fsp3) is 0.615. The van der Waals surface area contributed by atoms with Crippen molar-refractivity contribution in [2.24, 2.45) is 0 Å². The molecule has 0 aliphatic carbocycles. The predicted molar refractivity (Wildman–Crippen MR) is 72.0 cm³/mol. The van der Waals surface area contributed by atoms with Gasteiger partial charge in [0, 0.05) is 13.0 Å². The number of hydrogen-bond donors (Lipinski definition) is 4. The smallest absolute Gasteiger partial charge is 0.326 e. The number of rotatable bonds is 6. The van der Waals surface area contributed by atoms with E-state index in [1.807, 2.05) is 6.92 Å². The number of nitrogens with zero attached hydrogens (tertiary/aromatic N) is 1. The Morgan fingerprint density at radius 2 is 2.40 bits per heavy atom. The molecule has 1 aromatic rings. The number of fused-ring (bicyclic) bond motifs is 1. The summed E-state index contributed by atoms with van der Waals surface area (Å²) >= 11 is 0. The van der Waals surface area contributed by atoms with Gasteiger partial charge >= 0.3 is 5.97 Å². The number of carboxylic acids is 1. The van der Waals surface area contributed by atoms with Crippen LogP contribution in [0, 0.1) is 0 Å². The summed E-state index contributed by atoms with van der Waals surface area (Å²) in [5, 5.41) is 14.8. The average molecular weight is 280 g/mol. The Bertz CT molecular complexity index is 486. The SMILES string of the molecule is CCCCC(NC(=O)C1Cc2nc[nH]c2CN1)C(=O)O. The highest BCUT2D eigenvalue weighted by Gasteiger charge is 2.28. The van der Waals surface area contributed by atoms with E-state index >= 15 is 0 Å². The van der Waals surface area contributed by atoms with E-state index in [4.69, 9.17) is 5.11 Å². The summed E-state index contributed by atoms with van der Waals surface area (Å²) in [6.07, 6.45) is 4.22. The first kappa shape index (κ1) is 14.5. The number of H-pyrrole nitrogens is 1. The zero-order valence-corrected chi connectivity index (χ0v) is 11.5. The fourth-order valence-corrected chi connectivity index (χ4v) is 2.29. The minimum absolute atomic E-state index is 0.276. The molecule has 2 unspecified atom stereocenters. The largest absolute Gasteiger partial charge is 0.480 e. The number of aliphatic carboxylic acids is 1. The van der Waals surface area contributed by atoms with Gasteiger partial charge in [-0.3, -0.25) is 10.1 Å². The normalized spacial score (nSPS) is 19.1. The number of imidazole rings is 1. The van der Waals surface area contributed by atoms with Gasteiger partial charge in [0.15, 0.2) is 0 Å². The van der Waals surface area contributed by atoms with Crippen molar-refractivity contribution in [3.8, 4) is 0 Å². The van der Waals surface area contributed by atoms with E-state index in [1.54, 1.807) is 6.33 Å². The molecular weight excluding hydrogens is 260 g/mol. The molecule has 1 amide bonds. The lowest BCUT2D eigenvalue weighted by Crippen LogP contribution is -2.52. The van der Waals surface area contributed by atoms with Crippen LogP contribution in [0.25, 0.3) is 0 Å². The molecule has 1 aromatic heterocycles. The van der Waals surface area contributed by atoms with Gasteiger partial charge in [0.1, 0.15) is 6.04 Å². The van der Waals surface area contributed by atoms with Crippen molar-refractivity contribution in [1.29, 1.82) is 0 Å². The van der Waals surface area contributed by atoms with Gasteiger partial charge in [0.25, 0.3) is 0 Å². The molecule has 2 atom stereocenters. The molecule has 0 bridgehead atoms. The average Bonchev–Trinajstić information content (AvgIpc) is 2.90. The van der Waals surface area contributed by atoms with Crippen LogP contribution in [-0.2, 0) is 22.6 Å². The van der Waals surface area contributed by atoms with Gasteiger partial charge in [-0.2, -0.15) is 0 Å². The Morgan fingerprint density at radius 3 is 3.10 bits per heavy atom. The number of aromatic nitrogens is 2. The molecule has 0 fully saturated rings. The van der Waals surface area contributed by atoms with Gasteiger partial charge < -0.3 is 15.4 Å². The molecule has 7 heteroatoms. The third-order valence-corrected chi connectivity index (χ3v) is 3.51.